The zero-order valence-electron chi connectivity index (χ0n) is 10.7. The second kappa shape index (κ2) is 5.46. The van der Waals surface area contributed by atoms with Gasteiger partial charge in [0.1, 0.15) is 11.6 Å². The highest BCUT2D eigenvalue weighted by Gasteiger charge is 2.22. The van der Waals surface area contributed by atoms with Crippen molar-refractivity contribution in [2.45, 2.75) is 45.2 Å². The van der Waals surface area contributed by atoms with Crippen LogP contribution in [-0.4, -0.2) is 23.3 Å². The Labute approximate surface area is 106 Å². The molecule has 0 spiro atoms. The zero-order chi connectivity index (χ0) is 13.1. The molecule has 1 heterocycles. The van der Waals surface area contributed by atoms with Gasteiger partial charge in [-0.05, 0) is 45.2 Å². The summed E-state index contributed by atoms with van der Waals surface area (Å²) < 4.78 is 26.9. The zero-order valence-corrected chi connectivity index (χ0v) is 10.7. The minimum Gasteiger partial charge on any atom is -0.292 e. The highest BCUT2D eigenvalue weighted by Crippen LogP contribution is 2.22. The van der Waals surface area contributed by atoms with E-state index in [4.69, 9.17) is 0 Å². The number of rotatable bonds is 2. The molecule has 0 saturated carbocycles. The van der Waals surface area contributed by atoms with E-state index in [0.717, 1.165) is 12.8 Å². The lowest BCUT2D eigenvalue weighted by Crippen LogP contribution is -2.39. The highest BCUT2D eigenvalue weighted by molar-refractivity contribution is 5.80. The van der Waals surface area contributed by atoms with E-state index in [1.807, 2.05) is 5.01 Å². The summed E-state index contributed by atoms with van der Waals surface area (Å²) in [7, 11) is 0. The second-order valence-corrected chi connectivity index (χ2v) is 4.89. The Morgan fingerprint density at radius 3 is 2.28 bits per heavy atom. The van der Waals surface area contributed by atoms with Crippen LogP contribution < -0.4 is 0 Å². The molecule has 0 bridgehead atoms. The van der Waals surface area contributed by atoms with Gasteiger partial charge in [-0.15, -0.1) is 0 Å². The predicted octanol–water partition coefficient (Wildman–Crippen LogP) is 3.56. The van der Waals surface area contributed by atoms with Crippen LogP contribution in [0, 0.1) is 11.6 Å². The summed E-state index contributed by atoms with van der Waals surface area (Å²) in [5, 5.41) is 6.21. The van der Waals surface area contributed by atoms with Crippen molar-refractivity contribution in [2.75, 3.05) is 0 Å². The van der Waals surface area contributed by atoms with Crippen LogP contribution in [-0.2, 0) is 0 Å². The van der Waals surface area contributed by atoms with Crippen molar-refractivity contribution >= 4 is 6.21 Å². The van der Waals surface area contributed by atoms with Crippen LogP contribution in [0.5, 0.6) is 0 Å². The molecular formula is C14H18F2N2. The lowest BCUT2D eigenvalue weighted by molar-refractivity contribution is 0.109. The molecule has 1 aliphatic rings. The average molecular weight is 252 g/mol. The van der Waals surface area contributed by atoms with Gasteiger partial charge < -0.3 is 0 Å². The van der Waals surface area contributed by atoms with Crippen LogP contribution in [0.4, 0.5) is 8.78 Å². The van der Waals surface area contributed by atoms with Crippen LogP contribution in [0.15, 0.2) is 23.3 Å². The van der Waals surface area contributed by atoms with Crippen molar-refractivity contribution in [3.8, 4) is 0 Å². The van der Waals surface area contributed by atoms with Gasteiger partial charge in [0.15, 0.2) is 0 Å². The Balaban J connectivity index is 2.19. The Kier molecular flexibility index (Phi) is 3.94. The van der Waals surface area contributed by atoms with Crippen LogP contribution in [0.25, 0.3) is 0 Å². The summed E-state index contributed by atoms with van der Waals surface area (Å²) in [5.74, 6) is -1.15. The van der Waals surface area contributed by atoms with Gasteiger partial charge in [0.05, 0.1) is 11.8 Å². The Hall–Kier alpha value is -1.45. The van der Waals surface area contributed by atoms with Crippen molar-refractivity contribution in [1.82, 2.24) is 5.01 Å². The van der Waals surface area contributed by atoms with Gasteiger partial charge in [0.2, 0.25) is 0 Å². The molecule has 0 amide bonds. The third kappa shape index (κ3) is 2.68. The van der Waals surface area contributed by atoms with E-state index in [1.54, 1.807) is 0 Å². The number of halogens is 2. The molecular weight excluding hydrogens is 234 g/mol. The summed E-state index contributed by atoms with van der Waals surface area (Å²) >= 11 is 0. The minimum absolute atomic E-state index is 0.0672. The van der Waals surface area contributed by atoms with Gasteiger partial charge in [-0.1, -0.05) is 6.07 Å². The van der Waals surface area contributed by atoms with Crippen molar-refractivity contribution in [3.05, 3.63) is 35.4 Å². The fourth-order valence-corrected chi connectivity index (χ4v) is 2.39. The normalized spacial score (nSPS) is 24.8. The van der Waals surface area contributed by atoms with Crippen LogP contribution >= 0.6 is 0 Å². The third-order valence-corrected chi connectivity index (χ3v) is 3.47. The fourth-order valence-electron chi connectivity index (χ4n) is 2.39. The first kappa shape index (κ1) is 13.0. The fraction of sp³-hybridized carbons (Fsp3) is 0.500. The summed E-state index contributed by atoms with van der Waals surface area (Å²) in [6.45, 7) is 4.18. The molecule has 0 aliphatic carbocycles. The van der Waals surface area contributed by atoms with Gasteiger partial charge in [-0.25, -0.2) is 8.78 Å². The first-order valence-corrected chi connectivity index (χ1v) is 6.36. The molecule has 2 nitrogen and oxygen atoms in total. The largest absolute Gasteiger partial charge is 0.292 e. The average Bonchev–Trinajstić information content (AvgIpc) is 2.31. The van der Waals surface area contributed by atoms with E-state index in [2.05, 4.69) is 18.9 Å². The summed E-state index contributed by atoms with van der Waals surface area (Å²) in [5.41, 5.74) is -0.0672. The molecule has 1 aliphatic heterocycles. The first-order chi connectivity index (χ1) is 8.59. The number of benzene rings is 1. The molecule has 1 fully saturated rings. The molecule has 2 rings (SSSR count). The van der Waals surface area contributed by atoms with E-state index in [0.29, 0.717) is 12.1 Å². The van der Waals surface area contributed by atoms with E-state index in [9.17, 15) is 8.78 Å². The van der Waals surface area contributed by atoms with E-state index < -0.39 is 11.6 Å². The van der Waals surface area contributed by atoms with Gasteiger partial charge in [-0.3, -0.25) is 5.01 Å². The third-order valence-electron chi connectivity index (χ3n) is 3.47. The van der Waals surface area contributed by atoms with E-state index in [-0.39, 0.29) is 5.56 Å². The van der Waals surface area contributed by atoms with Gasteiger partial charge in [0.25, 0.3) is 0 Å². The van der Waals surface area contributed by atoms with Gasteiger partial charge >= 0.3 is 0 Å². The smallest absolute Gasteiger partial charge is 0.134 e. The van der Waals surface area contributed by atoms with Gasteiger partial charge in [-0.2, -0.15) is 5.10 Å². The molecule has 1 saturated heterocycles. The predicted molar refractivity (Wildman–Crippen MR) is 68.6 cm³/mol. The van der Waals surface area contributed by atoms with Crippen molar-refractivity contribution in [3.63, 3.8) is 0 Å². The van der Waals surface area contributed by atoms with Crippen LogP contribution in [0.3, 0.4) is 0 Å². The molecule has 1 aromatic carbocycles. The number of nitrogens with zero attached hydrogens (tertiary/aromatic N) is 2. The lowest BCUT2D eigenvalue weighted by atomic mass is 10.00. The Morgan fingerprint density at radius 2 is 1.72 bits per heavy atom. The first-order valence-electron chi connectivity index (χ1n) is 6.36. The molecule has 0 N–H and O–H groups in total. The minimum atomic E-state index is -0.573. The maximum absolute atomic E-state index is 13.4. The number of hydrogen-bond acceptors (Lipinski definition) is 2. The molecule has 0 aromatic heterocycles. The monoisotopic (exact) mass is 252 g/mol. The summed E-state index contributed by atoms with van der Waals surface area (Å²) in [6.07, 6.45) is 4.62. The summed E-state index contributed by atoms with van der Waals surface area (Å²) in [6, 6.07) is 4.48. The molecule has 98 valence electrons. The topological polar surface area (TPSA) is 15.6 Å². The van der Waals surface area contributed by atoms with Crippen LogP contribution in [0.1, 0.15) is 38.7 Å². The second-order valence-electron chi connectivity index (χ2n) is 4.89. The molecule has 0 radical (unpaired) electrons. The van der Waals surface area contributed by atoms with E-state index >= 15 is 0 Å². The number of piperidine rings is 1. The molecule has 18 heavy (non-hydrogen) atoms. The number of hydrazone groups is 1. The highest BCUT2D eigenvalue weighted by atomic mass is 19.1. The van der Waals surface area contributed by atoms with E-state index in [1.165, 1.54) is 30.8 Å². The lowest BCUT2D eigenvalue weighted by Gasteiger charge is -2.36. The molecule has 4 heteroatoms. The number of hydrogen-bond donors (Lipinski definition) is 0. The standard InChI is InChI=1S/C14H18F2N2/c1-10-5-3-6-11(2)18(10)17-9-12-13(15)7-4-8-14(12)16/h4,7-11H,3,5-6H2,1-2H3/t10-,11-/m1/s1. The molecule has 0 unspecified atom stereocenters. The molecule has 1 aromatic rings. The Bertz CT molecular complexity index is 415. The Morgan fingerprint density at radius 1 is 1.17 bits per heavy atom. The quantitative estimate of drug-likeness (QED) is 0.735. The van der Waals surface area contributed by atoms with Gasteiger partial charge in [0, 0.05) is 12.1 Å². The van der Waals surface area contributed by atoms with Crippen molar-refractivity contribution in [1.29, 1.82) is 0 Å². The van der Waals surface area contributed by atoms with Crippen LogP contribution in [0.2, 0.25) is 0 Å². The maximum Gasteiger partial charge on any atom is 0.134 e. The summed E-state index contributed by atoms with van der Waals surface area (Å²) in [4.78, 5) is 0. The van der Waals surface area contributed by atoms with Crippen molar-refractivity contribution < 1.29 is 8.78 Å². The van der Waals surface area contributed by atoms with Crippen molar-refractivity contribution in [2.24, 2.45) is 5.10 Å². The maximum atomic E-state index is 13.4. The SMILES string of the molecule is C[C@@H]1CCC[C@@H](C)N1N=Cc1c(F)cccc1F. The molecule has 2 atom stereocenters.